The van der Waals surface area contributed by atoms with Crippen LogP contribution in [0.2, 0.25) is 0 Å². The highest BCUT2D eigenvalue weighted by atomic mass is 15.2. The second-order valence-corrected chi connectivity index (χ2v) is 4.33. The van der Waals surface area contributed by atoms with Gasteiger partial charge in [-0.25, -0.2) is 0 Å². The smallest absolute Gasteiger partial charge is 0.00956 e. The summed E-state index contributed by atoms with van der Waals surface area (Å²) in [7, 11) is 0. The highest BCUT2D eigenvalue weighted by Crippen LogP contribution is 2.21. The Balaban J connectivity index is 2.15. The van der Waals surface area contributed by atoms with Gasteiger partial charge in [0.1, 0.15) is 0 Å². The lowest BCUT2D eigenvalue weighted by Gasteiger charge is -2.23. The predicted octanol–water partition coefficient (Wildman–Crippen LogP) is 3.44. The average molecular weight is 183 g/mol. The lowest BCUT2D eigenvalue weighted by Crippen LogP contribution is -2.30. The van der Waals surface area contributed by atoms with E-state index in [2.05, 4.69) is 18.7 Å². The fourth-order valence-electron chi connectivity index (χ4n) is 2.41. The third kappa shape index (κ3) is 3.68. The van der Waals surface area contributed by atoms with Crippen molar-refractivity contribution in [1.29, 1.82) is 0 Å². The molecule has 1 heteroatoms. The first-order chi connectivity index (χ1) is 6.38. The van der Waals surface area contributed by atoms with Crippen LogP contribution >= 0.6 is 0 Å². The number of unbranched alkanes of at least 4 members (excludes halogenated alkanes) is 2. The van der Waals surface area contributed by atoms with E-state index in [1.54, 1.807) is 0 Å². The minimum atomic E-state index is 0.932. The first kappa shape index (κ1) is 11.0. The van der Waals surface area contributed by atoms with Crippen LogP contribution in [0.1, 0.15) is 58.8 Å². The summed E-state index contributed by atoms with van der Waals surface area (Å²) in [6, 6.07) is 0.932. The third-order valence-corrected chi connectivity index (χ3v) is 3.17. The summed E-state index contributed by atoms with van der Waals surface area (Å²) in [5.41, 5.74) is 0. The molecule has 1 nitrogen and oxygen atoms in total. The van der Waals surface area contributed by atoms with E-state index in [1.165, 1.54) is 58.0 Å². The molecule has 0 radical (unpaired) electrons. The first-order valence-electron chi connectivity index (χ1n) is 6.12. The number of hydrogen-bond donors (Lipinski definition) is 0. The van der Waals surface area contributed by atoms with Gasteiger partial charge in [-0.3, -0.25) is 0 Å². The number of rotatable bonds is 6. The Labute approximate surface area is 83.5 Å². The topological polar surface area (TPSA) is 3.24 Å². The van der Waals surface area contributed by atoms with Gasteiger partial charge in [-0.05, 0) is 38.8 Å². The van der Waals surface area contributed by atoms with Gasteiger partial charge in [-0.1, -0.05) is 33.1 Å². The molecule has 0 aromatic heterocycles. The molecule has 1 fully saturated rings. The molecule has 1 rings (SSSR count). The average Bonchev–Trinajstić information content (AvgIpc) is 2.54. The molecule has 78 valence electrons. The van der Waals surface area contributed by atoms with Gasteiger partial charge < -0.3 is 4.90 Å². The maximum absolute atomic E-state index is 2.72. The summed E-state index contributed by atoms with van der Waals surface area (Å²) in [5, 5.41) is 0. The van der Waals surface area contributed by atoms with Crippen molar-refractivity contribution in [3.63, 3.8) is 0 Å². The molecular formula is C12H25N. The van der Waals surface area contributed by atoms with Crippen LogP contribution in [0.4, 0.5) is 0 Å². The van der Waals surface area contributed by atoms with Crippen molar-refractivity contribution in [2.24, 2.45) is 0 Å². The molecule has 0 bridgehead atoms. The third-order valence-electron chi connectivity index (χ3n) is 3.17. The van der Waals surface area contributed by atoms with Gasteiger partial charge in [0, 0.05) is 6.04 Å². The number of nitrogens with zero attached hydrogens (tertiary/aromatic N) is 1. The van der Waals surface area contributed by atoms with Gasteiger partial charge in [-0.2, -0.15) is 0 Å². The summed E-state index contributed by atoms with van der Waals surface area (Å²) in [5.74, 6) is 0. The summed E-state index contributed by atoms with van der Waals surface area (Å²) < 4.78 is 0. The zero-order valence-corrected chi connectivity index (χ0v) is 9.39. The Hall–Kier alpha value is -0.0400. The fourth-order valence-corrected chi connectivity index (χ4v) is 2.41. The number of likely N-dealkylation sites (tertiary alicyclic amines) is 1. The van der Waals surface area contributed by atoms with E-state index < -0.39 is 0 Å². The van der Waals surface area contributed by atoms with Gasteiger partial charge in [-0.15, -0.1) is 0 Å². The molecule has 1 saturated heterocycles. The molecule has 1 atom stereocenters. The Morgan fingerprint density at radius 2 is 2.00 bits per heavy atom. The van der Waals surface area contributed by atoms with E-state index in [0.29, 0.717) is 0 Å². The fraction of sp³-hybridized carbons (Fsp3) is 1.00. The monoisotopic (exact) mass is 183 g/mol. The molecule has 0 aromatic carbocycles. The van der Waals surface area contributed by atoms with Crippen LogP contribution < -0.4 is 0 Å². The largest absolute Gasteiger partial charge is 0.300 e. The van der Waals surface area contributed by atoms with Crippen molar-refractivity contribution in [2.45, 2.75) is 64.8 Å². The van der Waals surface area contributed by atoms with E-state index in [-0.39, 0.29) is 0 Å². The lowest BCUT2D eigenvalue weighted by molar-refractivity contribution is 0.237. The zero-order valence-electron chi connectivity index (χ0n) is 9.39. The number of hydrogen-bond acceptors (Lipinski definition) is 1. The molecule has 0 amide bonds. The van der Waals surface area contributed by atoms with Crippen LogP contribution in [-0.4, -0.2) is 24.0 Å². The summed E-state index contributed by atoms with van der Waals surface area (Å²) in [6.45, 7) is 7.32. The van der Waals surface area contributed by atoms with E-state index in [9.17, 15) is 0 Å². The van der Waals surface area contributed by atoms with Gasteiger partial charge in [0.05, 0.1) is 0 Å². The van der Waals surface area contributed by atoms with Gasteiger partial charge in [0.2, 0.25) is 0 Å². The molecule has 1 unspecified atom stereocenters. The second kappa shape index (κ2) is 6.42. The first-order valence-corrected chi connectivity index (χ1v) is 6.12. The predicted molar refractivity (Wildman–Crippen MR) is 59.0 cm³/mol. The summed E-state index contributed by atoms with van der Waals surface area (Å²) >= 11 is 0. The van der Waals surface area contributed by atoms with Crippen LogP contribution in [0, 0.1) is 0 Å². The molecule has 0 spiro atoms. The molecule has 1 aliphatic heterocycles. The van der Waals surface area contributed by atoms with Crippen LogP contribution in [-0.2, 0) is 0 Å². The summed E-state index contributed by atoms with van der Waals surface area (Å²) in [6.07, 6.45) is 9.86. The van der Waals surface area contributed by atoms with Crippen molar-refractivity contribution >= 4 is 0 Å². The van der Waals surface area contributed by atoms with Crippen molar-refractivity contribution in [3.8, 4) is 0 Å². The van der Waals surface area contributed by atoms with E-state index in [1.807, 2.05) is 0 Å². The highest BCUT2D eigenvalue weighted by molar-refractivity contribution is 4.78. The van der Waals surface area contributed by atoms with Crippen molar-refractivity contribution in [1.82, 2.24) is 4.90 Å². The quantitative estimate of drug-likeness (QED) is 0.570. The van der Waals surface area contributed by atoms with Crippen LogP contribution in [0.15, 0.2) is 0 Å². The lowest BCUT2D eigenvalue weighted by atomic mass is 10.1. The van der Waals surface area contributed by atoms with Gasteiger partial charge in [0.25, 0.3) is 0 Å². The minimum Gasteiger partial charge on any atom is -0.300 e. The molecule has 13 heavy (non-hydrogen) atoms. The molecule has 1 heterocycles. The highest BCUT2D eigenvalue weighted by Gasteiger charge is 2.22. The van der Waals surface area contributed by atoms with Crippen LogP contribution in [0.3, 0.4) is 0 Å². The van der Waals surface area contributed by atoms with E-state index >= 15 is 0 Å². The van der Waals surface area contributed by atoms with Gasteiger partial charge >= 0.3 is 0 Å². The van der Waals surface area contributed by atoms with Crippen molar-refractivity contribution in [3.05, 3.63) is 0 Å². The minimum absolute atomic E-state index is 0.932. The zero-order chi connectivity index (χ0) is 9.52. The molecule has 1 aliphatic rings. The van der Waals surface area contributed by atoms with E-state index in [4.69, 9.17) is 0 Å². The Kier molecular flexibility index (Phi) is 5.45. The van der Waals surface area contributed by atoms with Crippen LogP contribution in [0.5, 0.6) is 0 Å². The SMILES string of the molecule is CCCCCN1CCCC1CCC. The second-order valence-electron chi connectivity index (χ2n) is 4.33. The molecule has 0 aliphatic carbocycles. The normalized spacial score (nSPS) is 24.0. The van der Waals surface area contributed by atoms with Crippen LogP contribution in [0.25, 0.3) is 0 Å². The molecule has 0 saturated carbocycles. The van der Waals surface area contributed by atoms with Crippen molar-refractivity contribution in [2.75, 3.05) is 13.1 Å². The molecule has 0 N–H and O–H groups in total. The standard InChI is InChI=1S/C12H25N/c1-3-5-6-10-13-11-7-9-12(13)8-4-2/h12H,3-11H2,1-2H3. The Morgan fingerprint density at radius 3 is 2.69 bits per heavy atom. The maximum Gasteiger partial charge on any atom is 0.00956 e. The maximum atomic E-state index is 2.72. The van der Waals surface area contributed by atoms with E-state index in [0.717, 1.165) is 6.04 Å². The van der Waals surface area contributed by atoms with Crippen molar-refractivity contribution < 1.29 is 0 Å². The Morgan fingerprint density at radius 1 is 1.15 bits per heavy atom. The molecule has 0 aromatic rings. The Bertz CT molecular complexity index is 122. The molecular weight excluding hydrogens is 158 g/mol. The van der Waals surface area contributed by atoms with Gasteiger partial charge in [0.15, 0.2) is 0 Å². The summed E-state index contributed by atoms with van der Waals surface area (Å²) in [4.78, 5) is 2.72.